The van der Waals surface area contributed by atoms with Crippen LogP contribution >= 0.6 is 11.6 Å². The molecule has 0 amide bonds. The number of halogens is 1. The molecule has 4 rings (SSSR count). The molecule has 176 valence electrons. The van der Waals surface area contributed by atoms with E-state index in [1.54, 1.807) is 44.6 Å². The SMILES string of the molecule is COc1ccc(C(=O)OCc2c(-c3ccc(Cl)cc3OC)ccc3c2C(C)=CC(C)(C)N3)cc1. The third kappa shape index (κ3) is 4.75. The minimum absolute atomic E-state index is 0.0996. The zero-order chi connectivity index (χ0) is 24.5. The summed E-state index contributed by atoms with van der Waals surface area (Å²) >= 11 is 6.21. The van der Waals surface area contributed by atoms with E-state index in [4.69, 9.17) is 25.8 Å². The van der Waals surface area contributed by atoms with Gasteiger partial charge in [0, 0.05) is 27.4 Å². The lowest BCUT2D eigenvalue weighted by atomic mass is 9.85. The fourth-order valence-electron chi connectivity index (χ4n) is 4.44. The Kier molecular flexibility index (Phi) is 6.58. The van der Waals surface area contributed by atoms with Gasteiger partial charge in [-0.25, -0.2) is 4.79 Å². The quantitative estimate of drug-likeness (QED) is 0.388. The number of fused-ring (bicyclic) bond motifs is 1. The number of benzene rings is 3. The number of ether oxygens (including phenoxy) is 3. The smallest absolute Gasteiger partial charge is 0.338 e. The highest BCUT2D eigenvalue weighted by molar-refractivity contribution is 6.30. The predicted octanol–water partition coefficient (Wildman–Crippen LogP) is 6.99. The third-order valence-electron chi connectivity index (χ3n) is 5.87. The summed E-state index contributed by atoms with van der Waals surface area (Å²) < 4.78 is 16.6. The largest absolute Gasteiger partial charge is 0.497 e. The van der Waals surface area contributed by atoms with Gasteiger partial charge in [-0.3, -0.25) is 0 Å². The summed E-state index contributed by atoms with van der Waals surface area (Å²) in [6.45, 7) is 6.43. The average molecular weight is 478 g/mol. The van der Waals surface area contributed by atoms with Gasteiger partial charge < -0.3 is 19.5 Å². The zero-order valence-electron chi connectivity index (χ0n) is 20.0. The maximum absolute atomic E-state index is 12.9. The molecule has 1 aliphatic heterocycles. The molecule has 34 heavy (non-hydrogen) atoms. The molecule has 0 atom stereocenters. The molecule has 0 saturated carbocycles. The van der Waals surface area contributed by atoms with Gasteiger partial charge in [-0.1, -0.05) is 23.7 Å². The second-order valence-corrected chi connectivity index (χ2v) is 9.27. The maximum Gasteiger partial charge on any atom is 0.338 e. The Morgan fingerprint density at radius 2 is 1.68 bits per heavy atom. The molecule has 0 aromatic heterocycles. The first-order valence-electron chi connectivity index (χ1n) is 11.0. The highest BCUT2D eigenvalue weighted by Crippen LogP contribution is 2.43. The van der Waals surface area contributed by atoms with Crippen LogP contribution in [-0.4, -0.2) is 25.7 Å². The van der Waals surface area contributed by atoms with E-state index in [0.29, 0.717) is 22.1 Å². The minimum Gasteiger partial charge on any atom is -0.497 e. The van der Waals surface area contributed by atoms with Gasteiger partial charge in [0.25, 0.3) is 0 Å². The first-order valence-corrected chi connectivity index (χ1v) is 11.4. The molecule has 1 aliphatic rings. The van der Waals surface area contributed by atoms with Crippen LogP contribution in [0.3, 0.4) is 0 Å². The van der Waals surface area contributed by atoms with Crippen molar-refractivity contribution in [3.63, 3.8) is 0 Å². The van der Waals surface area contributed by atoms with Crippen molar-refractivity contribution in [2.24, 2.45) is 0 Å². The molecule has 1 heterocycles. The molecule has 3 aromatic rings. The second kappa shape index (κ2) is 9.43. The molecular weight excluding hydrogens is 450 g/mol. The lowest BCUT2D eigenvalue weighted by molar-refractivity contribution is 0.0473. The van der Waals surface area contributed by atoms with Crippen LogP contribution in [0.5, 0.6) is 11.5 Å². The Bertz CT molecular complexity index is 1260. The Hall–Kier alpha value is -3.44. The molecule has 0 bridgehead atoms. The van der Waals surface area contributed by atoms with E-state index in [9.17, 15) is 4.79 Å². The van der Waals surface area contributed by atoms with Crippen LogP contribution in [-0.2, 0) is 11.3 Å². The van der Waals surface area contributed by atoms with Crippen molar-refractivity contribution in [2.45, 2.75) is 32.9 Å². The summed E-state index contributed by atoms with van der Waals surface area (Å²) in [6, 6.07) is 16.5. The standard InChI is InChI=1S/C28H28ClNO4/c1-17-15-28(2,3)30-24-13-12-21(22-11-8-19(29)14-25(22)33-5)23(26(17)24)16-34-27(31)18-6-9-20(32-4)10-7-18/h6-15,30H,16H2,1-5H3. The summed E-state index contributed by atoms with van der Waals surface area (Å²) in [7, 11) is 3.20. The number of rotatable bonds is 6. The van der Waals surface area contributed by atoms with E-state index in [1.165, 1.54) is 0 Å². The van der Waals surface area contributed by atoms with Gasteiger partial charge in [-0.2, -0.15) is 0 Å². The zero-order valence-corrected chi connectivity index (χ0v) is 20.7. The van der Waals surface area contributed by atoms with E-state index in [-0.39, 0.29) is 12.1 Å². The van der Waals surface area contributed by atoms with Crippen LogP contribution in [0.25, 0.3) is 16.7 Å². The molecule has 0 saturated heterocycles. The number of anilines is 1. The van der Waals surface area contributed by atoms with Crippen LogP contribution < -0.4 is 14.8 Å². The van der Waals surface area contributed by atoms with Crippen LogP contribution in [0.4, 0.5) is 5.69 Å². The Morgan fingerprint density at radius 3 is 2.35 bits per heavy atom. The van der Waals surface area contributed by atoms with Crippen LogP contribution in [0.15, 0.2) is 60.7 Å². The number of methoxy groups -OCH3 is 2. The first kappa shape index (κ1) is 23.7. The summed E-state index contributed by atoms with van der Waals surface area (Å²) in [6.07, 6.45) is 2.19. The van der Waals surface area contributed by atoms with E-state index in [0.717, 1.165) is 33.5 Å². The third-order valence-corrected chi connectivity index (χ3v) is 6.10. The maximum atomic E-state index is 12.9. The monoisotopic (exact) mass is 477 g/mol. The van der Waals surface area contributed by atoms with Gasteiger partial charge in [0.1, 0.15) is 18.1 Å². The molecule has 6 heteroatoms. The van der Waals surface area contributed by atoms with Gasteiger partial charge >= 0.3 is 5.97 Å². The minimum atomic E-state index is -0.403. The highest BCUT2D eigenvalue weighted by atomic mass is 35.5. The normalized spacial score (nSPS) is 13.9. The van der Waals surface area contributed by atoms with Crippen molar-refractivity contribution in [1.82, 2.24) is 0 Å². The van der Waals surface area contributed by atoms with E-state index in [2.05, 4.69) is 38.2 Å². The van der Waals surface area contributed by atoms with Crippen molar-refractivity contribution in [3.05, 3.63) is 82.4 Å². The average Bonchev–Trinajstić information content (AvgIpc) is 2.81. The second-order valence-electron chi connectivity index (χ2n) is 8.84. The first-order chi connectivity index (χ1) is 16.2. The highest BCUT2D eigenvalue weighted by Gasteiger charge is 2.27. The molecule has 1 N–H and O–H groups in total. The van der Waals surface area contributed by atoms with Crippen molar-refractivity contribution in [2.75, 3.05) is 19.5 Å². The number of nitrogens with one attached hydrogen (secondary N) is 1. The molecule has 5 nitrogen and oxygen atoms in total. The number of allylic oxidation sites excluding steroid dienone is 1. The number of carbonyl (C=O) groups excluding carboxylic acids is 1. The van der Waals surface area contributed by atoms with E-state index in [1.807, 2.05) is 18.2 Å². The molecule has 0 aliphatic carbocycles. The molecule has 0 unspecified atom stereocenters. The predicted molar refractivity (Wildman–Crippen MR) is 137 cm³/mol. The molecule has 0 radical (unpaired) electrons. The molecule has 3 aromatic carbocycles. The van der Waals surface area contributed by atoms with E-state index >= 15 is 0 Å². The van der Waals surface area contributed by atoms with Gasteiger partial charge in [-0.05, 0) is 80.4 Å². The number of carbonyl (C=O) groups is 1. The van der Waals surface area contributed by atoms with Crippen molar-refractivity contribution >= 4 is 28.8 Å². The Labute approximate surface area is 205 Å². The van der Waals surface area contributed by atoms with Gasteiger partial charge in [0.15, 0.2) is 0 Å². The molecule has 0 spiro atoms. The summed E-state index contributed by atoms with van der Waals surface area (Å²) in [5.41, 5.74) is 6.11. The Morgan fingerprint density at radius 1 is 0.971 bits per heavy atom. The summed E-state index contributed by atoms with van der Waals surface area (Å²) in [5, 5.41) is 4.16. The molecule has 0 fully saturated rings. The van der Waals surface area contributed by atoms with Crippen molar-refractivity contribution in [3.8, 4) is 22.6 Å². The fraction of sp³-hybridized carbons (Fsp3) is 0.250. The van der Waals surface area contributed by atoms with Crippen molar-refractivity contribution in [1.29, 1.82) is 0 Å². The summed E-state index contributed by atoms with van der Waals surface area (Å²) in [5.74, 6) is 0.932. The lowest BCUT2D eigenvalue weighted by Crippen LogP contribution is -2.32. The fourth-order valence-corrected chi connectivity index (χ4v) is 4.60. The summed E-state index contributed by atoms with van der Waals surface area (Å²) in [4.78, 5) is 12.9. The van der Waals surface area contributed by atoms with Gasteiger partial charge in [0.2, 0.25) is 0 Å². The van der Waals surface area contributed by atoms with Crippen LogP contribution in [0, 0.1) is 0 Å². The van der Waals surface area contributed by atoms with Crippen molar-refractivity contribution < 1.29 is 19.0 Å². The topological polar surface area (TPSA) is 56.8 Å². The number of hydrogen-bond acceptors (Lipinski definition) is 5. The van der Waals surface area contributed by atoms with Crippen LogP contribution in [0.1, 0.15) is 42.3 Å². The Balaban J connectivity index is 1.78. The number of hydrogen-bond donors (Lipinski definition) is 1. The van der Waals surface area contributed by atoms with Gasteiger partial charge in [-0.15, -0.1) is 0 Å². The van der Waals surface area contributed by atoms with E-state index < -0.39 is 5.97 Å². The van der Waals surface area contributed by atoms with Gasteiger partial charge in [0.05, 0.1) is 25.3 Å². The van der Waals surface area contributed by atoms with Crippen LogP contribution in [0.2, 0.25) is 5.02 Å². The number of esters is 1. The molecular formula is C28H28ClNO4. The lowest BCUT2D eigenvalue weighted by Gasteiger charge is -2.33.